The molecular weight excluding hydrogens is 426 g/mol. The minimum Gasteiger partial charge on any atom is -0.480 e. The molecule has 164 valence electrons. The Hall–Kier alpha value is -3.59. The van der Waals surface area contributed by atoms with Gasteiger partial charge in [0.05, 0.1) is 4.90 Å². The number of rotatable bonds is 7. The van der Waals surface area contributed by atoms with Gasteiger partial charge in [-0.15, -0.1) is 6.42 Å². The van der Waals surface area contributed by atoms with Crippen LogP contribution >= 0.6 is 0 Å². The van der Waals surface area contributed by atoms with E-state index in [9.17, 15) is 18.5 Å². The van der Waals surface area contributed by atoms with Crippen LogP contribution in [0.2, 0.25) is 0 Å². The number of piperidine rings is 1. The largest absolute Gasteiger partial charge is 0.480 e. The molecule has 0 radical (unpaired) electrons. The van der Waals surface area contributed by atoms with Crippen LogP contribution in [0.25, 0.3) is 6.08 Å². The lowest BCUT2D eigenvalue weighted by molar-refractivity contribution is -0.112. The number of nitrogens with zero attached hydrogens (tertiary/aromatic N) is 2. The highest BCUT2D eigenvalue weighted by atomic mass is 32.2. The number of amides is 1. The van der Waals surface area contributed by atoms with Crippen molar-refractivity contribution in [3.63, 3.8) is 0 Å². The molecule has 0 aliphatic carbocycles. The van der Waals surface area contributed by atoms with Crippen LogP contribution in [-0.4, -0.2) is 38.3 Å². The van der Waals surface area contributed by atoms with Gasteiger partial charge in [0.1, 0.15) is 24.0 Å². The van der Waals surface area contributed by atoms with Crippen molar-refractivity contribution >= 4 is 27.7 Å². The van der Waals surface area contributed by atoms with Crippen molar-refractivity contribution in [1.82, 2.24) is 4.31 Å². The topological polar surface area (TPSA) is 99.5 Å². The summed E-state index contributed by atoms with van der Waals surface area (Å²) in [5.41, 5.74) is 0.646. The van der Waals surface area contributed by atoms with E-state index in [0.29, 0.717) is 24.4 Å². The summed E-state index contributed by atoms with van der Waals surface area (Å²) in [5.74, 6) is 2.15. The van der Waals surface area contributed by atoms with Crippen LogP contribution < -0.4 is 10.1 Å². The molecule has 2 aromatic carbocycles. The van der Waals surface area contributed by atoms with Crippen molar-refractivity contribution in [2.45, 2.75) is 24.2 Å². The van der Waals surface area contributed by atoms with Gasteiger partial charge >= 0.3 is 0 Å². The highest BCUT2D eigenvalue weighted by Crippen LogP contribution is 2.24. The number of benzene rings is 2. The molecule has 0 saturated carbocycles. The Labute approximate surface area is 188 Å². The summed E-state index contributed by atoms with van der Waals surface area (Å²) in [6.45, 7) is 1.03. The van der Waals surface area contributed by atoms with Crippen LogP contribution in [0.3, 0.4) is 0 Å². The molecule has 2 aromatic rings. The van der Waals surface area contributed by atoms with Crippen molar-refractivity contribution in [2.75, 3.05) is 25.0 Å². The molecule has 0 bridgehead atoms. The van der Waals surface area contributed by atoms with E-state index >= 15 is 0 Å². The van der Waals surface area contributed by atoms with Gasteiger partial charge < -0.3 is 10.1 Å². The Bertz CT molecular complexity index is 1200. The first-order valence-electron chi connectivity index (χ1n) is 10.1. The molecule has 1 amide bonds. The zero-order valence-electron chi connectivity index (χ0n) is 17.5. The Kier molecular flexibility index (Phi) is 7.67. The van der Waals surface area contributed by atoms with E-state index in [0.717, 1.165) is 19.3 Å². The first-order valence-corrected chi connectivity index (χ1v) is 11.6. The number of sulfonamides is 1. The summed E-state index contributed by atoms with van der Waals surface area (Å²) in [4.78, 5) is 12.8. The number of carbonyl (C=O) groups is 1. The lowest BCUT2D eigenvalue weighted by Gasteiger charge is -2.26. The van der Waals surface area contributed by atoms with Crippen LogP contribution in [0.1, 0.15) is 24.8 Å². The number of ether oxygens (including phenoxy) is 1. The monoisotopic (exact) mass is 449 g/mol. The van der Waals surface area contributed by atoms with Crippen molar-refractivity contribution in [2.24, 2.45) is 0 Å². The zero-order chi connectivity index (χ0) is 23.0. The maximum absolute atomic E-state index is 12.9. The molecule has 0 unspecified atom stereocenters. The number of para-hydroxylation sites is 1. The second-order valence-corrected chi connectivity index (χ2v) is 9.09. The second-order valence-electron chi connectivity index (χ2n) is 7.15. The fraction of sp³-hybridized carbons (Fsp3) is 0.250. The summed E-state index contributed by atoms with van der Waals surface area (Å²) >= 11 is 0. The van der Waals surface area contributed by atoms with Crippen LogP contribution in [0.4, 0.5) is 5.69 Å². The highest BCUT2D eigenvalue weighted by Gasteiger charge is 2.26. The number of hydrogen-bond donors (Lipinski definition) is 1. The van der Waals surface area contributed by atoms with E-state index in [1.54, 1.807) is 36.4 Å². The fourth-order valence-electron chi connectivity index (χ4n) is 3.34. The SMILES string of the molecule is C#CCOc1ccccc1/C=C(\C#N)C(=O)Nc1cccc(S(=O)(=O)N2CCCCC2)c1. The second kappa shape index (κ2) is 10.6. The molecule has 7 nitrogen and oxygen atoms in total. The Morgan fingerprint density at radius 3 is 2.62 bits per heavy atom. The summed E-state index contributed by atoms with van der Waals surface area (Å²) in [6.07, 6.45) is 9.30. The first-order chi connectivity index (χ1) is 15.5. The van der Waals surface area contributed by atoms with Gasteiger partial charge in [-0.05, 0) is 43.2 Å². The first kappa shape index (κ1) is 23.1. The number of nitriles is 1. The van der Waals surface area contributed by atoms with E-state index < -0.39 is 15.9 Å². The molecule has 32 heavy (non-hydrogen) atoms. The smallest absolute Gasteiger partial charge is 0.266 e. The molecule has 0 spiro atoms. The molecule has 3 rings (SSSR count). The summed E-state index contributed by atoms with van der Waals surface area (Å²) < 4.78 is 32.7. The van der Waals surface area contributed by atoms with Gasteiger partial charge in [0, 0.05) is 24.3 Å². The molecule has 8 heteroatoms. The Morgan fingerprint density at radius 2 is 1.91 bits per heavy atom. The minimum absolute atomic E-state index is 0.0528. The van der Waals surface area contributed by atoms with Crippen LogP contribution in [0.15, 0.2) is 59.0 Å². The third kappa shape index (κ3) is 5.55. The number of anilines is 1. The van der Waals surface area contributed by atoms with Crippen LogP contribution in [-0.2, 0) is 14.8 Å². The highest BCUT2D eigenvalue weighted by molar-refractivity contribution is 7.89. The predicted octanol–water partition coefficient (Wildman–Crippen LogP) is 3.42. The van der Waals surface area contributed by atoms with E-state index in [-0.39, 0.29) is 22.8 Å². The molecule has 1 aliphatic heterocycles. The van der Waals surface area contributed by atoms with Gasteiger partial charge in [0.2, 0.25) is 10.0 Å². The quantitative estimate of drug-likeness (QED) is 0.397. The standard InChI is InChI=1S/C24H23N3O4S/c1-2-15-31-23-12-5-4-9-19(23)16-20(18-25)24(28)26-21-10-8-11-22(17-21)32(29,30)27-13-6-3-7-14-27/h1,4-5,8-12,16-17H,3,6-7,13-15H2,(H,26,28)/b20-16+. The molecule has 0 atom stereocenters. The van der Waals surface area contributed by atoms with E-state index in [2.05, 4.69) is 11.2 Å². The Morgan fingerprint density at radius 1 is 1.16 bits per heavy atom. The number of carbonyl (C=O) groups excluding carboxylic acids is 1. The maximum atomic E-state index is 12.9. The Balaban J connectivity index is 1.81. The number of terminal acetylenes is 1. The normalized spacial score (nSPS) is 14.8. The van der Waals surface area contributed by atoms with Crippen molar-refractivity contribution in [3.8, 4) is 24.2 Å². The maximum Gasteiger partial charge on any atom is 0.266 e. The van der Waals surface area contributed by atoms with Gasteiger partial charge in [-0.3, -0.25) is 4.79 Å². The molecule has 0 aromatic heterocycles. The van der Waals surface area contributed by atoms with Crippen molar-refractivity contribution in [1.29, 1.82) is 5.26 Å². The van der Waals surface area contributed by atoms with Crippen LogP contribution in [0, 0.1) is 23.7 Å². The van der Waals surface area contributed by atoms with E-state index in [1.165, 1.54) is 22.5 Å². The zero-order valence-corrected chi connectivity index (χ0v) is 18.3. The van der Waals surface area contributed by atoms with Crippen LogP contribution in [0.5, 0.6) is 5.75 Å². The number of nitrogens with one attached hydrogen (secondary N) is 1. The lowest BCUT2D eigenvalue weighted by atomic mass is 10.1. The fourth-order valence-corrected chi connectivity index (χ4v) is 4.91. The average Bonchev–Trinajstić information content (AvgIpc) is 2.82. The predicted molar refractivity (Wildman–Crippen MR) is 122 cm³/mol. The van der Waals surface area contributed by atoms with Gasteiger partial charge in [0.25, 0.3) is 5.91 Å². The minimum atomic E-state index is -3.64. The van der Waals surface area contributed by atoms with Gasteiger partial charge in [0.15, 0.2) is 0 Å². The van der Waals surface area contributed by atoms with Gasteiger partial charge in [-0.25, -0.2) is 8.42 Å². The van der Waals surface area contributed by atoms with Crippen molar-refractivity contribution in [3.05, 3.63) is 59.7 Å². The molecule has 1 fully saturated rings. The third-order valence-electron chi connectivity index (χ3n) is 4.94. The molecule has 1 saturated heterocycles. The number of hydrogen-bond acceptors (Lipinski definition) is 5. The summed E-state index contributed by atoms with van der Waals surface area (Å²) in [7, 11) is -3.64. The molecule has 1 aliphatic rings. The summed E-state index contributed by atoms with van der Waals surface area (Å²) in [6, 6.07) is 14.8. The molecular formula is C24H23N3O4S. The van der Waals surface area contributed by atoms with Crippen molar-refractivity contribution < 1.29 is 17.9 Å². The summed E-state index contributed by atoms with van der Waals surface area (Å²) in [5, 5.41) is 12.1. The van der Waals surface area contributed by atoms with E-state index in [4.69, 9.17) is 11.2 Å². The lowest BCUT2D eigenvalue weighted by Crippen LogP contribution is -2.35. The molecule has 1 N–H and O–H groups in total. The molecule has 1 heterocycles. The van der Waals surface area contributed by atoms with Gasteiger partial charge in [-0.1, -0.05) is 36.6 Å². The van der Waals surface area contributed by atoms with Gasteiger partial charge in [-0.2, -0.15) is 9.57 Å². The third-order valence-corrected chi connectivity index (χ3v) is 6.83. The van der Waals surface area contributed by atoms with E-state index in [1.807, 2.05) is 6.07 Å². The average molecular weight is 450 g/mol.